The van der Waals surface area contributed by atoms with Gasteiger partial charge in [0.15, 0.2) is 6.61 Å². The molecule has 0 saturated carbocycles. The molecule has 27 heavy (non-hydrogen) atoms. The summed E-state index contributed by atoms with van der Waals surface area (Å²) >= 11 is 0. The third-order valence-electron chi connectivity index (χ3n) is 4.06. The number of aryl methyl sites for hydroxylation is 1. The minimum Gasteiger partial charge on any atom is -0.467 e. The normalized spacial score (nSPS) is 10.9. The second-order valence-electron chi connectivity index (χ2n) is 6.03. The molecule has 0 saturated heterocycles. The number of furan rings is 1. The molecule has 8 nitrogen and oxygen atoms in total. The first-order valence-corrected chi connectivity index (χ1v) is 8.73. The van der Waals surface area contributed by atoms with E-state index in [9.17, 15) is 14.4 Å². The number of imidazole rings is 1. The van der Waals surface area contributed by atoms with Crippen molar-refractivity contribution in [1.82, 2.24) is 14.5 Å². The Hall–Kier alpha value is -3.29. The zero-order chi connectivity index (χ0) is 19.2. The number of carbonyl (C=O) groups is 2. The Morgan fingerprint density at radius 2 is 1.85 bits per heavy atom. The molecular formula is C19H21N3O5. The van der Waals surface area contributed by atoms with Gasteiger partial charge in [-0.2, -0.15) is 0 Å². The lowest BCUT2D eigenvalue weighted by molar-refractivity contribution is -0.149. The van der Waals surface area contributed by atoms with E-state index in [4.69, 9.17) is 9.15 Å². The second-order valence-corrected chi connectivity index (χ2v) is 6.03. The van der Waals surface area contributed by atoms with Gasteiger partial charge in [-0.15, -0.1) is 0 Å². The van der Waals surface area contributed by atoms with Gasteiger partial charge in [0.2, 0.25) is 0 Å². The van der Waals surface area contributed by atoms with Crippen molar-refractivity contribution in [2.75, 3.05) is 6.61 Å². The smallest absolute Gasteiger partial charge is 0.329 e. The largest absolute Gasteiger partial charge is 0.467 e. The van der Waals surface area contributed by atoms with E-state index < -0.39 is 18.5 Å². The highest BCUT2D eigenvalue weighted by Gasteiger charge is 2.16. The highest BCUT2D eigenvalue weighted by atomic mass is 16.5. The van der Waals surface area contributed by atoms with Gasteiger partial charge in [0.1, 0.15) is 12.3 Å². The number of para-hydroxylation sites is 2. The van der Waals surface area contributed by atoms with Crippen molar-refractivity contribution in [3.05, 3.63) is 58.9 Å². The Morgan fingerprint density at radius 3 is 2.52 bits per heavy atom. The van der Waals surface area contributed by atoms with E-state index in [1.165, 1.54) is 10.8 Å². The zero-order valence-corrected chi connectivity index (χ0v) is 15.0. The number of nitrogens with zero attached hydrogens (tertiary/aromatic N) is 2. The zero-order valence-electron chi connectivity index (χ0n) is 15.0. The minimum absolute atomic E-state index is 0.216. The van der Waals surface area contributed by atoms with Gasteiger partial charge >= 0.3 is 11.7 Å². The topological polar surface area (TPSA) is 95.5 Å². The fourth-order valence-electron chi connectivity index (χ4n) is 2.84. The van der Waals surface area contributed by atoms with Crippen molar-refractivity contribution in [3.8, 4) is 0 Å². The third kappa shape index (κ3) is 4.28. The summed E-state index contributed by atoms with van der Waals surface area (Å²) in [6.07, 6.45) is 2.31. The molecule has 1 N–H and O–H groups in total. The number of esters is 1. The number of aromatic nitrogens is 2. The predicted octanol–water partition coefficient (Wildman–Crippen LogP) is 1.67. The van der Waals surface area contributed by atoms with E-state index in [1.54, 1.807) is 22.8 Å². The van der Waals surface area contributed by atoms with E-state index in [2.05, 4.69) is 5.32 Å². The highest BCUT2D eigenvalue weighted by molar-refractivity contribution is 5.82. The summed E-state index contributed by atoms with van der Waals surface area (Å²) in [5, 5.41) is 2.58. The van der Waals surface area contributed by atoms with Gasteiger partial charge in [0, 0.05) is 6.54 Å². The van der Waals surface area contributed by atoms with Gasteiger partial charge in [-0.25, -0.2) is 4.79 Å². The molecule has 142 valence electrons. The van der Waals surface area contributed by atoms with Crippen LogP contribution in [0, 0.1) is 0 Å². The summed E-state index contributed by atoms with van der Waals surface area (Å²) in [7, 11) is 0. The molecule has 2 heterocycles. The minimum atomic E-state index is -0.648. The first-order valence-electron chi connectivity index (χ1n) is 8.73. The fourth-order valence-corrected chi connectivity index (χ4v) is 2.84. The van der Waals surface area contributed by atoms with Crippen molar-refractivity contribution in [2.24, 2.45) is 0 Å². The molecule has 1 aromatic carbocycles. The Bertz CT molecular complexity index is 985. The van der Waals surface area contributed by atoms with Gasteiger partial charge in [-0.3, -0.25) is 18.7 Å². The molecule has 0 aliphatic heterocycles. The maximum Gasteiger partial charge on any atom is 0.329 e. The van der Waals surface area contributed by atoms with Gasteiger partial charge in [-0.05, 0) is 30.7 Å². The molecule has 3 rings (SSSR count). The molecule has 0 bridgehead atoms. The van der Waals surface area contributed by atoms with Crippen molar-refractivity contribution in [1.29, 1.82) is 0 Å². The first-order chi connectivity index (χ1) is 13.1. The Balaban J connectivity index is 1.61. The summed E-state index contributed by atoms with van der Waals surface area (Å²) in [4.78, 5) is 36.5. The molecule has 3 aromatic rings. The number of hydrogen-bond acceptors (Lipinski definition) is 5. The highest BCUT2D eigenvalue weighted by Crippen LogP contribution is 2.13. The standard InChI is InChI=1S/C19H21N3O5/c1-2-9-21-15-7-3-4-8-16(15)22(19(21)25)12-18(24)27-13-17(23)20-11-14-6-5-10-26-14/h3-8,10H,2,9,11-13H2,1H3,(H,20,23). The van der Waals surface area contributed by atoms with Crippen LogP contribution in [0.5, 0.6) is 0 Å². The van der Waals surface area contributed by atoms with Crippen LogP contribution in [-0.2, 0) is 34.0 Å². The van der Waals surface area contributed by atoms with Crippen molar-refractivity contribution >= 4 is 22.9 Å². The van der Waals surface area contributed by atoms with Crippen molar-refractivity contribution in [3.63, 3.8) is 0 Å². The maximum absolute atomic E-state index is 12.6. The number of nitrogens with one attached hydrogen (secondary N) is 1. The molecule has 0 aliphatic carbocycles. The Labute approximate surface area is 155 Å². The molecule has 8 heteroatoms. The van der Waals surface area contributed by atoms with E-state index in [0.717, 1.165) is 11.9 Å². The molecule has 0 radical (unpaired) electrons. The second kappa shape index (κ2) is 8.39. The Morgan fingerprint density at radius 1 is 1.11 bits per heavy atom. The number of benzene rings is 1. The first kappa shape index (κ1) is 18.5. The summed E-state index contributed by atoms with van der Waals surface area (Å²) in [6, 6.07) is 10.7. The summed E-state index contributed by atoms with van der Waals surface area (Å²) in [5.74, 6) is -0.491. The van der Waals surface area contributed by atoms with Gasteiger partial charge in [0.05, 0.1) is 23.8 Å². The van der Waals surface area contributed by atoms with Crippen LogP contribution in [0.4, 0.5) is 0 Å². The van der Waals surface area contributed by atoms with Crippen LogP contribution in [-0.4, -0.2) is 27.6 Å². The van der Waals surface area contributed by atoms with E-state index in [1.807, 2.05) is 25.1 Å². The monoisotopic (exact) mass is 371 g/mol. The predicted molar refractivity (Wildman–Crippen MR) is 98.0 cm³/mol. The lowest BCUT2D eigenvalue weighted by atomic mass is 10.3. The summed E-state index contributed by atoms with van der Waals surface area (Å²) < 4.78 is 13.1. The van der Waals surface area contributed by atoms with Crippen LogP contribution in [0.2, 0.25) is 0 Å². The molecule has 0 spiro atoms. The van der Waals surface area contributed by atoms with Crippen LogP contribution in [0.15, 0.2) is 51.9 Å². The number of amides is 1. The van der Waals surface area contributed by atoms with Crippen molar-refractivity contribution in [2.45, 2.75) is 33.0 Å². The number of hydrogen-bond donors (Lipinski definition) is 1. The molecular weight excluding hydrogens is 350 g/mol. The fraction of sp³-hybridized carbons (Fsp3) is 0.316. The molecule has 0 atom stereocenters. The van der Waals surface area contributed by atoms with E-state index in [0.29, 0.717) is 17.8 Å². The average Bonchev–Trinajstić information content (AvgIpc) is 3.28. The van der Waals surface area contributed by atoms with Crippen LogP contribution in [0.3, 0.4) is 0 Å². The van der Waals surface area contributed by atoms with Crippen LogP contribution >= 0.6 is 0 Å². The average molecular weight is 371 g/mol. The number of rotatable bonds is 8. The van der Waals surface area contributed by atoms with Crippen LogP contribution in [0.1, 0.15) is 19.1 Å². The lowest BCUT2D eigenvalue weighted by Gasteiger charge is -2.06. The summed E-state index contributed by atoms with van der Waals surface area (Å²) in [6.45, 7) is 2.10. The quantitative estimate of drug-likeness (QED) is 0.608. The van der Waals surface area contributed by atoms with Crippen LogP contribution in [0.25, 0.3) is 11.0 Å². The van der Waals surface area contributed by atoms with Crippen molar-refractivity contribution < 1.29 is 18.7 Å². The van der Waals surface area contributed by atoms with Gasteiger partial charge in [0.25, 0.3) is 5.91 Å². The molecule has 2 aromatic heterocycles. The van der Waals surface area contributed by atoms with Gasteiger partial charge < -0.3 is 14.5 Å². The number of carbonyl (C=O) groups excluding carboxylic acids is 2. The molecule has 0 aliphatic rings. The van der Waals surface area contributed by atoms with Gasteiger partial charge in [-0.1, -0.05) is 19.1 Å². The van der Waals surface area contributed by atoms with E-state index in [-0.39, 0.29) is 18.8 Å². The van der Waals surface area contributed by atoms with E-state index >= 15 is 0 Å². The number of fused-ring (bicyclic) bond motifs is 1. The molecule has 0 unspecified atom stereocenters. The number of ether oxygens (including phenoxy) is 1. The SMILES string of the molecule is CCCn1c(=O)n(CC(=O)OCC(=O)NCc2ccco2)c2ccccc21. The van der Waals surface area contributed by atoms with Crippen LogP contribution < -0.4 is 11.0 Å². The maximum atomic E-state index is 12.6. The Kier molecular flexibility index (Phi) is 5.75. The summed E-state index contributed by atoms with van der Waals surface area (Å²) in [5.41, 5.74) is 1.17. The lowest BCUT2D eigenvalue weighted by Crippen LogP contribution is -2.31. The third-order valence-corrected chi connectivity index (χ3v) is 4.06. The molecule has 1 amide bonds. The molecule has 0 fully saturated rings.